The van der Waals surface area contributed by atoms with Crippen molar-refractivity contribution in [2.75, 3.05) is 0 Å². The van der Waals surface area contributed by atoms with Crippen LogP contribution >= 0.6 is 0 Å². The molecule has 0 heterocycles. The molecule has 15 heavy (non-hydrogen) atoms. The fourth-order valence-electron chi connectivity index (χ4n) is 1.95. The Labute approximate surface area is 89.2 Å². The predicted molar refractivity (Wildman–Crippen MR) is 58.3 cm³/mol. The second-order valence-electron chi connectivity index (χ2n) is 3.74. The fourth-order valence-corrected chi connectivity index (χ4v) is 1.95. The van der Waals surface area contributed by atoms with Crippen LogP contribution < -0.4 is 5.73 Å². The first kappa shape index (κ1) is 11.8. The van der Waals surface area contributed by atoms with E-state index in [4.69, 9.17) is 10.9 Å². The molecule has 1 rings (SSSR count). The van der Waals surface area contributed by atoms with E-state index >= 15 is 0 Å². The van der Waals surface area contributed by atoms with Gasteiger partial charge in [-0.1, -0.05) is 17.3 Å². The number of hydrogen-bond donors (Lipinski definition) is 2. The van der Waals surface area contributed by atoms with Gasteiger partial charge >= 0.3 is 0 Å². The molecule has 0 amide bonds. The molecule has 0 aliphatic heterocycles. The van der Waals surface area contributed by atoms with Crippen LogP contribution in [0.15, 0.2) is 28.8 Å². The first-order chi connectivity index (χ1) is 7.19. The van der Waals surface area contributed by atoms with Crippen LogP contribution in [0.25, 0.3) is 0 Å². The maximum Gasteiger partial charge on any atom is 0.187 e. The summed E-state index contributed by atoms with van der Waals surface area (Å²) in [5, 5.41) is 11.8. The predicted octanol–water partition coefficient (Wildman–Crippen LogP) is 2.72. The van der Waals surface area contributed by atoms with Gasteiger partial charge in [0.15, 0.2) is 5.95 Å². The van der Waals surface area contributed by atoms with Crippen molar-refractivity contribution >= 4 is 5.71 Å². The second-order valence-corrected chi connectivity index (χ2v) is 3.74. The summed E-state index contributed by atoms with van der Waals surface area (Å²) in [7, 11) is 0. The van der Waals surface area contributed by atoms with Gasteiger partial charge in [-0.3, -0.25) is 0 Å². The molecule has 0 unspecified atom stereocenters. The summed E-state index contributed by atoms with van der Waals surface area (Å²) in [6.07, 6.45) is 6.54. The van der Waals surface area contributed by atoms with Crippen LogP contribution in [-0.4, -0.2) is 10.9 Å². The molecule has 4 heteroatoms. The smallest absolute Gasteiger partial charge is 0.187 e. The highest BCUT2D eigenvalue weighted by Crippen LogP contribution is 2.30. The lowest BCUT2D eigenvalue weighted by Crippen LogP contribution is -2.17. The van der Waals surface area contributed by atoms with Crippen molar-refractivity contribution in [3.05, 3.63) is 23.7 Å². The monoisotopic (exact) mass is 212 g/mol. The molecule has 3 N–H and O–H groups in total. The molecule has 84 valence electrons. The average Bonchev–Trinajstić information content (AvgIpc) is 2.26. The summed E-state index contributed by atoms with van der Waals surface area (Å²) < 4.78 is 13.0. The molecule has 3 nitrogen and oxygen atoms in total. The van der Waals surface area contributed by atoms with Crippen molar-refractivity contribution in [1.29, 1.82) is 0 Å². The lowest BCUT2D eigenvalue weighted by atomic mass is 9.83. The van der Waals surface area contributed by atoms with Gasteiger partial charge < -0.3 is 10.9 Å². The number of allylic oxidation sites excluding steroid dienone is 3. The first-order valence-corrected chi connectivity index (χ1v) is 5.16. The van der Waals surface area contributed by atoms with Crippen molar-refractivity contribution < 1.29 is 9.60 Å². The molecule has 0 aromatic heterocycles. The Hall–Kier alpha value is -1.32. The quantitative estimate of drug-likeness (QED) is 0.320. The third-order valence-electron chi connectivity index (χ3n) is 2.77. The van der Waals surface area contributed by atoms with E-state index in [0.29, 0.717) is 5.57 Å². The molecular formula is C11H17FN2O. The van der Waals surface area contributed by atoms with Gasteiger partial charge in [0.1, 0.15) is 0 Å². The number of halogens is 1. The maximum absolute atomic E-state index is 13.0. The van der Waals surface area contributed by atoms with Crippen molar-refractivity contribution in [3.63, 3.8) is 0 Å². The Morgan fingerprint density at radius 3 is 2.53 bits per heavy atom. The molecule has 0 bridgehead atoms. The summed E-state index contributed by atoms with van der Waals surface area (Å²) in [6, 6.07) is 0. The third-order valence-corrected chi connectivity index (χ3v) is 2.77. The van der Waals surface area contributed by atoms with Crippen LogP contribution in [0.5, 0.6) is 0 Å². The van der Waals surface area contributed by atoms with E-state index in [2.05, 4.69) is 5.16 Å². The molecule has 1 aliphatic carbocycles. The van der Waals surface area contributed by atoms with E-state index in [9.17, 15) is 4.39 Å². The molecule has 0 atom stereocenters. The van der Waals surface area contributed by atoms with Gasteiger partial charge in [-0.2, -0.15) is 4.39 Å². The minimum absolute atomic E-state index is 0.150. The van der Waals surface area contributed by atoms with Crippen molar-refractivity contribution in [2.45, 2.75) is 32.6 Å². The minimum atomic E-state index is -0.595. The van der Waals surface area contributed by atoms with Crippen LogP contribution in [0.4, 0.5) is 4.39 Å². The molecule has 1 fully saturated rings. The van der Waals surface area contributed by atoms with Crippen molar-refractivity contribution in [1.82, 2.24) is 0 Å². The number of rotatable bonds is 2. The van der Waals surface area contributed by atoms with Gasteiger partial charge in [0, 0.05) is 5.57 Å². The highest BCUT2D eigenvalue weighted by Gasteiger charge is 2.22. The van der Waals surface area contributed by atoms with Gasteiger partial charge in [0.25, 0.3) is 0 Å². The summed E-state index contributed by atoms with van der Waals surface area (Å²) in [5.41, 5.74) is 6.58. The zero-order chi connectivity index (χ0) is 11.3. The largest absolute Gasteiger partial charge is 0.411 e. The van der Waals surface area contributed by atoms with Crippen molar-refractivity contribution in [3.8, 4) is 0 Å². The lowest BCUT2D eigenvalue weighted by molar-refractivity contribution is 0.312. The molecule has 0 aromatic rings. The van der Waals surface area contributed by atoms with E-state index in [0.717, 1.165) is 31.4 Å². The summed E-state index contributed by atoms with van der Waals surface area (Å²) >= 11 is 0. The highest BCUT2D eigenvalue weighted by atomic mass is 19.1. The topological polar surface area (TPSA) is 58.6 Å². The normalized spacial score (nSPS) is 24.1. The Morgan fingerprint density at radius 2 is 2.13 bits per heavy atom. The zero-order valence-corrected chi connectivity index (χ0v) is 8.91. The van der Waals surface area contributed by atoms with Crippen LogP contribution in [0, 0.1) is 5.92 Å². The van der Waals surface area contributed by atoms with Gasteiger partial charge in [-0.05, 0) is 38.5 Å². The van der Waals surface area contributed by atoms with Crippen molar-refractivity contribution in [2.24, 2.45) is 16.8 Å². The van der Waals surface area contributed by atoms with E-state index in [1.807, 2.05) is 6.92 Å². The lowest BCUT2D eigenvalue weighted by Gasteiger charge is -2.23. The van der Waals surface area contributed by atoms with E-state index < -0.39 is 5.95 Å². The maximum atomic E-state index is 13.0. The van der Waals surface area contributed by atoms with E-state index in [1.165, 1.54) is 0 Å². The molecule has 0 aromatic carbocycles. The van der Waals surface area contributed by atoms with Crippen LogP contribution in [0.1, 0.15) is 32.6 Å². The number of hydrogen-bond acceptors (Lipinski definition) is 3. The van der Waals surface area contributed by atoms with Crippen LogP contribution in [-0.2, 0) is 0 Å². The van der Waals surface area contributed by atoms with E-state index in [1.54, 1.807) is 12.2 Å². The van der Waals surface area contributed by atoms with Crippen LogP contribution in [0.2, 0.25) is 0 Å². The molecular weight excluding hydrogens is 195 g/mol. The Kier molecular flexibility index (Phi) is 4.34. The Bertz CT molecular complexity index is 294. The first-order valence-electron chi connectivity index (χ1n) is 5.16. The fraction of sp³-hybridized carbons (Fsp3) is 0.545. The summed E-state index contributed by atoms with van der Waals surface area (Å²) in [6.45, 7) is 1.84. The van der Waals surface area contributed by atoms with Crippen LogP contribution in [0.3, 0.4) is 0 Å². The van der Waals surface area contributed by atoms with Gasteiger partial charge in [-0.25, -0.2) is 0 Å². The second kappa shape index (κ2) is 5.53. The zero-order valence-electron chi connectivity index (χ0n) is 8.91. The molecule has 1 saturated carbocycles. The molecule has 0 saturated heterocycles. The summed E-state index contributed by atoms with van der Waals surface area (Å²) in [5.74, 6) is -0.445. The van der Waals surface area contributed by atoms with Gasteiger partial charge in [0.2, 0.25) is 0 Å². The Morgan fingerprint density at radius 1 is 1.53 bits per heavy atom. The third kappa shape index (κ3) is 3.08. The molecule has 0 spiro atoms. The highest BCUT2D eigenvalue weighted by molar-refractivity contribution is 5.84. The van der Waals surface area contributed by atoms with E-state index in [-0.39, 0.29) is 5.92 Å². The number of nitrogens with zero attached hydrogens (tertiary/aromatic N) is 1. The number of oxime groups is 1. The SMILES string of the molecule is C/C=C\C(=C(/N)F)C1CCC(=NO)CC1. The summed E-state index contributed by atoms with van der Waals surface area (Å²) in [4.78, 5) is 0. The Balaban J connectivity index is 2.70. The molecule has 1 aliphatic rings. The van der Waals surface area contributed by atoms with Gasteiger partial charge in [-0.15, -0.1) is 0 Å². The molecule has 0 radical (unpaired) electrons. The minimum Gasteiger partial charge on any atom is -0.411 e. The number of nitrogens with two attached hydrogens (primary N) is 1. The standard InChI is InChI=1S/C11H17FN2O/c1-2-3-10(11(12)13)8-4-6-9(14-15)7-5-8/h2-3,8,15H,4-7,13H2,1H3/b3-2-,11-10+,14-9?. The average molecular weight is 212 g/mol. The van der Waals surface area contributed by atoms with Gasteiger partial charge in [0.05, 0.1) is 5.71 Å².